The van der Waals surface area contributed by atoms with Crippen molar-refractivity contribution < 1.29 is 63.8 Å². The normalized spacial score (nSPS) is 20.8. The van der Waals surface area contributed by atoms with Crippen molar-refractivity contribution in [1.82, 2.24) is 4.98 Å². The summed E-state index contributed by atoms with van der Waals surface area (Å²) in [6.45, 7) is 14.2. The Balaban J connectivity index is 0. The standard InChI is InChI=1S/C19H27N3O2.3ClH.Fe/c1-18(2,3)14-10-23-16(21-14)12-8-7-9-13(20-12)17-22-15(11-24-17)19(4,5)6;;;;/h7-9,14-15H,10-11H2,1-6H3;3*1H;/q;;;;+3/p-3. The third-order valence-corrected chi connectivity index (χ3v) is 4.49. The van der Waals surface area contributed by atoms with Gasteiger partial charge in [0.15, 0.2) is 0 Å². The summed E-state index contributed by atoms with van der Waals surface area (Å²) in [6.07, 6.45) is 0. The summed E-state index contributed by atoms with van der Waals surface area (Å²) in [4.78, 5) is 14.1. The van der Waals surface area contributed by atoms with Gasteiger partial charge in [0.2, 0.25) is 11.8 Å². The average Bonchev–Trinajstić information content (AvgIpc) is 3.16. The largest absolute Gasteiger partial charge is 3.00 e. The van der Waals surface area contributed by atoms with Gasteiger partial charge in [-0.1, -0.05) is 47.6 Å². The summed E-state index contributed by atoms with van der Waals surface area (Å²) in [6, 6.07) is 6.10. The van der Waals surface area contributed by atoms with Gasteiger partial charge in [0.25, 0.3) is 0 Å². The fraction of sp³-hybridized carbons (Fsp3) is 0.632. The summed E-state index contributed by atoms with van der Waals surface area (Å²) in [5.74, 6) is 1.23. The molecule has 3 heterocycles. The van der Waals surface area contributed by atoms with E-state index in [2.05, 4.69) is 46.5 Å². The Morgan fingerprint density at radius 3 is 1.39 bits per heavy atom. The van der Waals surface area contributed by atoms with Gasteiger partial charge in [-0.2, -0.15) is 0 Å². The van der Waals surface area contributed by atoms with Gasteiger partial charge in [0.1, 0.15) is 24.6 Å². The minimum atomic E-state index is 0. The molecule has 2 atom stereocenters. The second-order valence-corrected chi connectivity index (χ2v) is 8.66. The van der Waals surface area contributed by atoms with E-state index in [-0.39, 0.29) is 77.2 Å². The Bertz CT molecular complexity index is 645. The van der Waals surface area contributed by atoms with Gasteiger partial charge < -0.3 is 46.7 Å². The van der Waals surface area contributed by atoms with Crippen LogP contribution in [0.15, 0.2) is 28.2 Å². The number of aliphatic imine (C=N–C) groups is 2. The van der Waals surface area contributed by atoms with Crippen molar-refractivity contribution in [3.63, 3.8) is 0 Å². The maximum Gasteiger partial charge on any atom is 3.00 e. The van der Waals surface area contributed by atoms with Gasteiger partial charge in [0.05, 0.1) is 12.1 Å². The van der Waals surface area contributed by atoms with Gasteiger partial charge in [-0.15, -0.1) is 0 Å². The Labute approximate surface area is 197 Å². The van der Waals surface area contributed by atoms with Crippen molar-refractivity contribution in [2.75, 3.05) is 13.2 Å². The zero-order chi connectivity index (χ0) is 17.5. The monoisotopic (exact) mass is 490 g/mol. The van der Waals surface area contributed by atoms with Crippen LogP contribution in [0.25, 0.3) is 0 Å². The third-order valence-electron chi connectivity index (χ3n) is 4.49. The van der Waals surface area contributed by atoms with Gasteiger partial charge in [-0.25, -0.2) is 15.0 Å². The molecule has 2 aliphatic heterocycles. The van der Waals surface area contributed by atoms with Crippen LogP contribution in [0.5, 0.6) is 0 Å². The molecular formula is C19H27Cl3FeN3O2. The molecule has 1 radical (unpaired) electrons. The molecular weight excluding hydrogens is 464 g/mol. The van der Waals surface area contributed by atoms with Gasteiger partial charge in [-0.3, -0.25) is 0 Å². The summed E-state index contributed by atoms with van der Waals surface area (Å²) >= 11 is 0. The summed E-state index contributed by atoms with van der Waals surface area (Å²) < 4.78 is 11.6. The summed E-state index contributed by atoms with van der Waals surface area (Å²) in [7, 11) is 0. The first kappa shape index (κ1) is 29.7. The minimum Gasteiger partial charge on any atom is -1.00 e. The molecule has 1 aromatic rings. The van der Waals surface area contributed by atoms with Crippen LogP contribution in [-0.4, -0.2) is 42.1 Å². The number of hydrogen-bond acceptors (Lipinski definition) is 5. The summed E-state index contributed by atoms with van der Waals surface area (Å²) in [5.41, 5.74) is 1.64. The van der Waals surface area contributed by atoms with E-state index in [4.69, 9.17) is 19.5 Å². The average molecular weight is 492 g/mol. The molecule has 0 fully saturated rings. The van der Waals surface area contributed by atoms with Gasteiger partial charge >= 0.3 is 17.1 Å². The van der Waals surface area contributed by atoms with Crippen LogP contribution in [0.3, 0.4) is 0 Å². The predicted octanol–water partition coefficient (Wildman–Crippen LogP) is -5.53. The molecule has 28 heavy (non-hydrogen) atoms. The van der Waals surface area contributed by atoms with Gasteiger partial charge in [-0.05, 0) is 23.0 Å². The molecule has 0 aliphatic carbocycles. The first-order valence-corrected chi connectivity index (χ1v) is 8.53. The van der Waals surface area contributed by atoms with E-state index in [1.807, 2.05) is 18.2 Å². The van der Waals surface area contributed by atoms with E-state index in [0.29, 0.717) is 25.0 Å². The van der Waals surface area contributed by atoms with Crippen molar-refractivity contribution in [2.45, 2.75) is 53.6 Å². The zero-order valence-corrected chi connectivity index (χ0v) is 20.3. The van der Waals surface area contributed by atoms with E-state index < -0.39 is 0 Å². The van der Waals surface area contributed by atoms with Crippen LogP contribution in [-0.2, 0) is 26.5 Å². The van der Waals surface area contributed by atoms with Crippen LogP contribution < -0.4 is 37.2 Å². The number of rotatable bonds is 2. The van der Waals surface area contributed by atoms with Crippen LogP contribution >= 0.6 is 0 Å². The van der Waals surface area contributed by atoms with E-state index in [1.165, 1.54) is 0 Å². The van der Waals surface area contributed by atoms with Crippen LogP contribution in [0.4, 0.5) is 0 Å². The van der Waals surface area contributed by atoms with E-state index >= 15 is 0 Å². The second kappa shape index (κ2) is 11.0. The predicted molar refractivity (Wildman–Crippen MR) is 95.7 cm³/mol. The molecule has 159 valence electrons. The quantitative estimate of drug-likeness (QED) is 0.388. The molecule has 0 saturated carbocycles. The minimum absolute atomic E-state index is 0. The Morgan fingerprint density at radius 2 is 1.11 bits per heavy atom. The first-order chi connectivity index (χ1) is 11.1. The zero-order valence-electron chi connectivity index (χ0n) is 16.9. The van der Waals surface area contributed by atoms with Crippen LogP contribution in [0.1, 0.15) is 52.9 Å². The summed E-state index contributed by atoms with van der Waals surface area (Å²) in [5, 5.41) is 0. The van der Waals surface area contributed by atoms with E-state index in [1.54, 1.807) is 0 Å². The maximum absolute atomic E-state index is 5.78. The molecule has 0 N–H and O–H groups in total. The molecule has 0 amide bonds. The van der Waals surface area contributed by atoms with Crippen molar-refractivity contribution in [1.29, 1.82) is 0 Å². The number of aromatic nitrogens is 1. The molecule has 0 saturated heterocycles. The topological polar surface area (TPSA) is 56.1 Å². The number of pyridine rings is 1. The van der Waals surface area contributed by atoms with Crippen LogP contribution in [0.2, 0.25) is 0 Å². The molecule has 0 bridgehead atoms. The molecule has 9 heteroatoms. The molecule has 2 aliphatic rings. The Hall–Kier alpha value is -0.521. The molecule has 0 aromatic carbocycles. The molecule has 2 unspecified atom stereocenters. The fourth-order valence-corrected chi connectivity index (χ4v) is 2.59. The maximum atomic E-state index is 5.78. The number of ether oxygens (including phenoxy) is 2. The Morgan fingerprint density at radius 1 is 0.750 bits per heavy atom. The van der Waals surface area contributed by atoms with E-state index in [9.17, 15) is 0 Å². The fourth-order valence-electron chi connectivity index (χ4n) is 2.59. The third kappa shape index (κ3) is 6.77. The second-order valence-electron chi connectivity index (χ2n) is 8.66. The molecule has 0 spiro atoms. The van der Waals surface area contributed by atoms with Crippen molar-refractivity contribution in [3.8, 4) is 0 Å². The van der Waals surface area contributed by atoms with Crippen molar-refractivity contribution in [2.24, 2.45) is 20.8 Å². The molecule has 5 nitrogen and oxygen atoms in total. The number of nitrogens with zero attached hydrogens (tertiary/aromatic N) is 3. The Kier molecular flexibility index (Phi) is 11.7. The van der Waals surface area contributed by atoms with Gasteiger partial charge in [0, 0.05) is 0 Å². The van der Waals surface area contributed by atoms with Crippen LogP contribution in [0, 0.1) is 10.8 Å². The first-order valence-electron chi connectivity index (χ1n) is 8.53. The number of halogens is 3. The SMILES string of the molecule is CC(C)(C)C1COC(c2cccc(C3=NC(C(C)(C)C)CO3)n2)=N1.[Cl-].[Cl-].[Cl-].[Fe+3]. The van der Waals surface area contributed by atoms with Crippen molar-refractivity contribution in [3.05, 3.63) is 29.6 Å². The smallest absolute Gasteiger partial charge is 1.00 e. The molecule has 1 aromatic heterocycles. The number of hydrogen-bond donors (Lipinski definition) is 0. The van der Waals surface area contributed by atoms with Crippen molar-refractivity contribution >= 4 is 11.8 Å². The van der Waals surface area contributed by atoms with E-state index in [0.717, 1.165) is 11.4 Å². The molecule has 3 rings (SSSR count).